The Morgan fingerprint density at radius 1 is 1.29 bits per heavy atom. The molecular weight excluding hydrogens is 210 g/mol. The summed E-state index contributed by atoms with van der Waals surface area (Å²) in [6.45, 7) is 5.54. The zero-order chi connectivity index (χ0) is 11.9. The Hall–Kier alpha value is -1.48. The molecule has 1 aliphatic heterocycles. The molecule has 3 nitrogen and oxygen atoms in total. The first-order valence-electron chi connectivity index (χ1n) is 6.22. The Morgan fingerprint density at radius 2 is 2.12 bits per heavy atom. The van der Waals surface area contributed by atoms with Gasteiger partial charge in [0.25, 0.3) is 0 Å². The van der Waals surface area contributed by atoms with Gasteiger partial charge >= 0.3 is 0 Å². The maximum absolute atomic E-state index is 3.63. The second kappa shape index (κ2) is 3.77. The van der Waals surface area contributed by atoms with Crippen LogP contribution in [0.1, 0.15) is 20.3 Å². The first kappa shape index (κ1) is 10.7. The number of hydrogen-bond donors (Lipinski definition) is 3. The molecule has 1 atom stereocenters. The third-order valence-corrected chi connectivity index (χ3v) is 3.53. The number of anilines is 1. The molecule has 3 heteroatoms. The molecule has 1 aromatic carbocycles. The van der Waals surface area contributed by atoms with Crippen molar-refractivity contribution in [2.75, 3.05) is 11.9 Å². The Kier molecular flexibility index (Phi) is 2.37. The number of hydrogen-bond acceptors (Lipinski definition) is 2. The highest BCUT2D eigenvalue weighted by Crippen LogP contribution is 2.26. The van der Waals surface area contributed by atoms with Crippen LogP contribution in [0, 0.1) is 0 Å². The Labute approximate surface area is 102 Å². The average Bonchev–Trinajstić information content (AvgIpc) is 2.84. The zero-order valence-electron chi connectivity index (χ0n) is 10.4. The van der Waals surface area contributed by atoms with Crippen LogP contribution in [-0.2, 0) is 0 Å². The fourth-order valence-corrected chi connectivity index (χ4v) is 2.67. The standard InChI is InChI=1S/C14H19N3/c1-14(2)7-10(8-16-14)17-13-9-15-12-6-4-3-5-11(12)13/h3-6,9-10,15-17H,7-8H2,1-2H3. The number of aromatic amines is 1. The summed E-state index contributed by atoms with van der Waals surface area (Å²) in [7, 11) is 0. The molecule has 1 aliphatic rings. The third-order valence-electron chi connectivity index (χ3n) is 3.53. The first-order chi connectivity index (χ1) is 8.14. The van der Waals surface area contributed by atoms with Crippen molar-refractivity contribution in [3.8, 4) is 0 Å². The van der Waals surface area contributed by atoms with E-state index in [1.54, 1.807) is 0 Å². The van der Waals surface area contributed by atoms with Gasteiger partial charge in [-0.25, -0.2) is 0 Å². The molecule has 0 spiro atoms. The van der Waals surface area contributed by atoms with E-state index >= 15 is 0 Å². The molecular formula is C14H19N3. The van der Waals surface area contributed by atoms with Gasteiger partial charge in [-0.2, -0.15) is 0 Å². The monoisotopic (exact) mass is 229 g/mol. The van der Waals surface area contributed by atoms with Crippen molar-refractivity contribution in [3.05, 3.63) is 30.5 Å². The average molecular weight is 229 g/mol. The van der Waals surface area contributed by atoms with Gasteiger partial charge in [-0.1, -0.05) is 18.2 Å². The molecule has 2 heterocycles. The maximum atomic E-state index is 3.63. The number of fused-ring (bicyclic) bond motifs is 1. The van der Waals surface area contributed by atoms with Crippen molar-refractivity contribution in [1.29, 1.82) is 0 Å². The van der Waals surface area contributed by atoms with Gasteiger partial charge in [-0.15, -0.1) is 0 Å². The summed E-state index contributed by atoms with van der Waals surface area (Å²) in [6.07, 6.45) is 3.22. The molecule has 90 valence electrons. The SMILES string of the molecule is CC1(C)CC(Nc2c[nH]c3ccccc23)CN1. The molecule has 0 bridgehead atoms. The summed E-state index contributed by atoms with van der Waals surface area (Å²) in [6, 6.07) is 8.92. The topological polar surface area (TPSA) is 39.9 Å². The van der Waals surface area contributed by atoms with Crippen molar-refractivity contribution >= 4 is 16.6 Å². The molecule has 2 aromatic rings. The van der Waals surface area contributed by atoms with Gasteiger partial charge in [0.15, 0.2) is 0 Å². The predicted octanol–water partition coefficient (Wildman–Crippen LogP) is 2.72. The zero-order valence-corrected chi connectivity index (χ0v) is 10.4. The number of para-hydroxylation sites is 1. The smallest absolute Gasteiger partial charge is 0.0600 e. The number of rotatable bonds is 2. The molecule has 0 amide bonds. The van der Waals surface area contributed by atoms with E-state index in [9.17, 15) is 0 Å². The van der Waals surface area contributed by atoms with Crippen molar-refractivity contribution in [3.63, 3.8) is 0 Å². The molecule has 1 aromatic heterocycles. The molecule has 0 radical (unpaired) electrons. The van der Waals surface area contributed by atoms with E-state index in [0.29, 0.717) is 6.04 Å². The Balaban J connectivity index is 1.82. The lowest BCUT2D eigenvalue weighted by atomic mass is 10.0. The molecule has 0 aliphatic carbocycles. The van der Waals surface area contributed by atoms with E-state index in [1.807, 2.05) is 0 Å². The minimum absolute atomic E-state index is 0.254. The van der Waals surface area contributed by atoms with E-state index in [2.05, 4.69) is 59.9 Å². The quantitative estimate of drug-likeness (QED) is 0.741. The van der Waals surface area contributed by atoms with Gasteiger partial charge < -0.3 is 15.6 Å². The van der Waals surface area contributed by atoms with Crippen molar-refractivity contribution < 1.29 is 0 Å². The van der Waals surface area contributed by atoms with Crippen LogP contribution in [0.25, 0.3) is 10.9 Å². The van der Waals surface area contributed by atoms with Gasteiger partial charge in [-0.3, -0.25) is 0 Å². The van der Waals surface area contributed by atoms with Gasteiger partial charge in [0.2, 0.25) is 0 Å². The van der Waals surface area contributed by atoms with Gasteiger partial charge in [0, 0.05) is 35.2 Å². The van der Waals surface area contributed by atoms with E-state index in [4.69, 9.17) is 0 Å². The van der Waals surface area contributed by atoms with Crippen LogP contribution in [-0.4, -0.2) is 23.1 Å². The van der Waals surface area contributed by atoms with Crippen LogP contribution in [0.3, 0.4) is 0 Å². The van der Waals surface area contributed by atoms with Gasteiger partial charge in [0.1, 0.15) is 0 Å². The van der Waals surface area contributed by atoms with E-state index in [-0.39, 0.29) is 5.54 Å². The van der Waals surface area contributed by atoms with Crippen LogP contribution in [0.5, 0.6) is 0 Å². The lowest BCUT2D eigenvalue weighted by molar-refractivity contribution is 0.457. The summed E-state index contributed by atoms with van der Waals surface area (Å²) in [4.78, 5) is 3.30. The van der Waals surface area contributed by atoms with Crippen molar-refractivity contribution in [2.45, 2.75) is 31.8 Å². The predicted molar refractivity (Wildman–Crippen MR) is 72.4 cm³/mol. The summed E-state index contributed by atoms with van der Waals surface area (Å²) < 4.78 is 0. The molecule has 1 saturated heterocycles. The number of benzene rings is 1. The fourth-order valence-electron chi connectivity index (χ4n) is 2.67. The Morgan fingerprint density at radius 3 is 2.88 bits per heavy atom. The third kappa shape index (κ3) is 2.03. The highest BCUT2D eigenvalue weighted by atomic mass is 15.1. The fraction of sp³-hybridized carbons (Fsp3) is 0.429. The molecule has 1 fully saturated rings. The summed E-state index contributed by atoms with van der Waals surface area (Å²) in [5.41, 5.74) is 2.66. The molecule has 3 rings (SSSR count). The molecule has 3 N–H and O–H groups in total. The molecule has 17 heavy (non-hydrogen) atoms. The van der Waals surface area contributed by atoms with Gasteiger partial charge in [-0.05, 0) is 26.3 Å². The second-order valence-corrected chi connectivity index (χ2v) is 5.56. The highest BCUT2D eigenvalue weighted by molar-refractivity contribution is 5.92. The van der Waals surface area contributed by atoms with E-state index in [1.165, 1.54) is 16.6 Å². The highest BCUT2D eigenvalue weighted by Gasteiger charge is 2.30. The maximum Gasteiger partial charge on any atom is 0.0600 e. The normalized spacial score (nSPS) is 23.1. The van der Waals surface area contributed by atoms with Crippen molar-refractivity contribution in [2.24, 2.45) is 0 Å². The van der Waals surface area contributed by atoms with Crippen LogP contribution < -0.4 is 10.6 Å². The van der Waals surface area contributed by atoms with Crippen LogP contribution >= 0.6 is 0 Å². The Bertz CT molecular complexity index is 527. The summed E-state index contributed by atoms with van der Waals surface area (Å²) in [5, 5.41) is 8.43. The van der Waals surface area contributed by atoms with Crippen molar-refractivity contribution in [1.82, 2.24) is 10.3 Å². The van der Waals surface area contributed by atoms with Crippen LogP contribution in [0.15, 0.2) is 30.5 Å². The van der Waals surface area contributed by atoms with E-state index in [0.717, 1.165) is 13.0 Å². The van der Waals surface area contributed by atoms with Gasteiger partial charge in [0.05, 0.1) is 5.69 Å². The largest absolute Gasteiger partial charge is 0.379 e. The number of aromatic nitrogens is 1. The lowest BCUT2D eigenvalue weighted by Gasteiger charge is -2.17. The summed E-state index contributed by atoms with van der Waals surface area (Å²) in [5.74, 6) is 0. The minimum atomic E-state index is 0.254. The van der Waals surface area contributed by atoms with Crippen LogP contribution in [0.4, 0.5) is 5.69 Å². The first-order valence-corrected chi connectivity index (χ1v) is 6.22. The minimum Gasteiger partial charge on any atom is -0.379 e. The number of nitrogens with one attached hydrogen (secondary N) is 3. The second-order valence-electron chi connectivity index (χ2n) is 5.56. The number of H-pyrrole nitrogens is 1. The van der Waals surface area contributed by atoms with E-state index < -0.39 is 0 Å². The molecule has 1 unspecified atom stereocenters. The summed E-state index contributed by atoms with van der Waals surface area (Å²) >= 11 is 0. The lowest BCUT2D eigenvalue weighted by Crippen LogP contribution is -2.31. The molecule has 0 saturated carbocycles. The van der Waals surface area contributed by atoms with Crippen LogP contribution in [0.2, 0.25) is 0 Å².